The van der Waals surface area contributed by atoms with Gasteiger partial charge in [-0.2, -0.15) is 0 Å². The second kappa shape index (κ2) is 7.24. The zero-order chi connectivity index (χ0) is 15.4. The third-order valence-corrected chi connectivity index (χ3v) is 4.55. The molecule has 1 aromatic carbocycles. The molecule has 3 N–H and O–H groups in total. The average Bonchev–Trinajstić information content (AvgIpc) is 2.42. The molecular formula is C15H23BrN4O. The number of piperazine rings is 1. The van der Waals surface area contributed by atoms with Crippen LogP contribution in [0.15, 0.2) is 22.7 Å². The summed E-state index contributed by atoms with van der Waals surface area (Å²) in [7, 11) is 0. The molecule has 2 rings (SSSR count). The highest BCUT2D eigenvalue weighted by Gasteiger charge is 2.23. The molecule has 0 radical (unpaired) electrons. The number of anilines is 2. The number of nitrogen functional groups attached to an aromatic ring is 1. The Balaban J connectivity index is 1.87. The van der Waals surface area contributed by atoms with Crippen LogP contribution >= 0.6 is 15.9 Å². The molecule has 0 bridgehead atoms. The Morgan fingerprint density at radius 3 is 2.86 bits per heavy atom. The third kappa shape index (κ3) is 4.43. The number of carbonyl (C=O) groups excluding carboxylic acids is 1. The van der Waals surface area contributed by atoms with Crippen LogP contribution in [0.4, 0.5) is 11.4 Å². The third-order valence-electron chi connectivity index (χ3n) is 3.89. The number of halogens is 1. The Morgan fingerprint density at radius 2 is 2.24 bits per heavy atom. The van der Waals surface area contributed by atoms with Gasteiger partial charge in [0.1, 0.15) is 0 Å². The van der Waals surface area contributed by atoms with E-state index in [9.17, 15) is 4.79 Å². The summed E-state index contributed by atoms with van der Waals surface area (Å²) in [5, 5.41) is 2.93. The normalized spacial score (nSPS) is 20.4. The summed E-state index contributed by atoms with van der Waals surface area (Å²) in [5.41, 5.74) is 7.12. The maximum Gasteiger partial charge on any atom is 0.238 e. The monoisotopic (exact) mass is 354 g/mol. The van der Waals surface area contributed by atoms with E-state index in [4.69, 9.17) is 5.73 Å². The standard InChI is InChI=1S/C15H23BrN4O/c1-3-20-7-6-19(9-11(20)2)10-15(21)18-14-5-4-12(17)8-13(14)16/h4-5,8,11H,3,6-7,9-10,17H2,1-2H3,(H,18,21). The predicted octanol–water partition coefficient (Wildman–Crippen LogP) is 2.00. The van der Waals surface area contributed by atoms with E-state index < -0.39 is 0 Å². The van der Waals surface area contributed by atoms with Crippen LogP contribution in [0.5, 0.6) is 0 Å². The first-order valence-corrected chi connectivity index (χ1v) is 8.10. The molecule has 1 heterocycles. The molecular weight excluding hydrogens is 332 g/mol. The number of amides is 1. The lowest BCUT2D eigenvalue weighted by atomic mass is 10.2. The topological polar surface area (TPSA) is 61.6 Å². The fourth-order valence-electron chi connectivity index (χ4n) is 2.71. The van der Waals surface area contributed by atoms with Crippen molar-refractivity contribution in [3.8, 4) is 0 Å². The lowest BCUT2D eigenvalue weighted by Crippen LogP contribution is -2.53. The summed E-state index contributed by atoms with van der Waals surface area (Å²) in [5.74, 6) is 0.0117. The first kappa shape index (κ1) is 16.3. The minimum Gasteiger partial charge on any atom is -0.399 e. The number of nitrogens with two attached hydrogens (primary N) is 1. The van der Waals surface area contributed by atoms with Gasteiger partial charge in [0.2, 0.25) is 5.91 Å². The van der Waals surface area contributed by atoms with Crippen LogP contribution in [-0.4, -0.2) is 54.5 Å². The van der Waals surface area contributed by atoms with Gasteiger partial charge < -0.3 is 11.1 Å². The maximum atomic E-state index is 12.2. The fourth-order valence-corrected chi connectivity index (χ4v) is 3.21. The average molecular weight is 355 g/mol. The van der Waals surface area contributed by atoms with Gasteiger partial charge in [0.15, 0.2) is 0 Å². The first-order chi connectivity index (χ1) is 9.99. The summed E-state index contributed by atoms with van der Waals surface area (Å²) < 4.78 is 0.806. The minimum absolute atomic E-state index is 0.0117. The van der Waals surface area contributed by atoms with Crippen LogP contribution in [0.1, 0.15) is 13.8 Å². The largest absolute Gasteiger partial charge is 0.399 e. The highest BCUT2D eigenvalue weighted by molar-refractivity contribution is 9.10. The lowest BCUT2D eigenvalue weighted by Gasteiger charge is -2.38. The van der Waals surface area contributed by atoms with E-state index in [0.717, 1.165) is 36.3 Å². The molecule has 1 saturated heterocycles. The van der Waals surface area contributed by atoms with Crippen LogP contribution in [0, 0.1) is 0 Å². The molecule has 6 heteroatoms. The smallest absolute Gasteiger partial charge is 0.238 e. The van der Waals surface area contributed by atoms with Gasteiger partial charge in [-0.15, -0.1) is 0 Å². The van der Waals surface area contributed by atoms with Crippen LogP contribution in [0.3, 0.4) is 0 Å². The molecule has 1 unspecified atom stereocenters. The lowest BCUT2D eigenvalue weighted by molar-refractivity contribution is -0.118. The van der Waals surface area contributed by atoms with Gasteiger partial charge >= 0.3 is 0 Å². The van der Waals surface area contributed by atoms with E-state index in [1.165, 1.54) is 0 Å². The van der Waals surface area contributed by atoms with Crippen LogP contribution in [0.2, 0.25) is 0 Å². The number of hydrogen-bond donors (Lipinski definition) is 2. The summed E-state index contributed by atoms with van der Waals surface area (Å²) >= 11 is 3.41. The highest BCUT2D eigenvalue weighted by atomic mass is 79.9. The molecule has 1 atom stereocenters. The van der Waals surface area contributed by atoms with Crippen molar-refractivity contribution in [3.05, 3.63) is 22.7 Å². The highest BCUT2D eigenvalue weighted by Crippen LogP contribution is 2.24. The zero-order valence-corrected chi connectivity index (χ0v) is 14.2. The van der Waals surface area contributed by atoms with E-state index in [1.807, 2.05) is 6.07 Å². The Kier molecular flexibility index (Phi) is 5.61. The van der Waals surface area contributed by atoms with Crippen molar-refractivity contribution in [1.82, 2.24) is 9.80 Å². The van der Waals surface area contributed by atoms with E-state index in [1.54, 1.807) is 12.1 Å². The van der Waals surface area contributed by atoms with Crippen molar-refractivity contribution >= 4 is 33.2 Å². The van der Waals surface area contributed by atoms with E-state index >= 15 is 0 Å². The molecule has 0 saturated carbocycles. The summed E-state index contributed by atoms with van der Waals surface area (Å²) in [6.07, 6.45) is 0. The molecule has 21 heavy (non-hydrogen) atoms. The van der Waals surface area contributed by atoms with Crippen molar-refractivity contribution in [2.24, 2.45) is 0 Å². The number of benzene rings is 1. The summed E-state index contributed by atoms with van der Waals surface area (Å²) in [6.45, 7) is 8.79. The Labute approximate surface area is 134 Å². The van der Waals surface area contributed by atoms with Crippen molar-refractivity contribution < 1.29 is 4.79 Å². The van der Waals surface area contributed by atoms with E-state index in [-0.39, 0.29) is 5.91 Å². The summed E-state index contributed by atoms with van der Waals surface area (Å²) in [6, 6.07) is 5.88. The van der Waals surface area contributed by atoms with Gasteiger partial charge in [0, 0.05) is 35.8 Å². The zero-order valence-electron chi connectivity index (χ0n) is 12.6. The molecule has 116 valence electrons. The van der Waals surface area contributed by atoms with Crippen molar-refractivity contribution in [2.45, 2.75) is 19.9 Å². The molecule has 1 aromatic rings. The Hall–Kier alpha value is -1.11. The first-order valence-electron chi connectivity index (χ1n) is 7.31. The molecule has 1 aliphatic rings. The molecule has 0 aromatic heterocycles. The van der Waals surface area contributed by atoms with Gasteiger partial charge in [0.25, 0.3) is 0 Å². The van der Waals surface area contributed by atoms with Gasteiger partial charge in [-0.25, -0.2) is 0 Å². The van der Waals surface area contributed by atoms with Gasteiger partial charge in [0.05, 0.1) is 12.2 Å². The number of hydrogen-bond acceptors (Lipinski definition) is 4. The fraction of sp³-hybridized carbons (Fsp3) is 0.533. The molecule has 5 nitrogen and oxygen atoms in total. The molecule has 1 fully saturated rings. The number of nitrogens with zero attached hydrogens (tertiary/aromatic N) is 2. The SMILES string of the molecule is CCN1CCN(CC(=O)Nc2ccc(N)cc2Br)CC1C. The van der Waals surface area contributed by atoms with Crippen LogP contribution < -0.4 is 11.1 Å². The molecule has 0 spiro atoms. The van der Waals surface area contributed by atoms with Crippen molar-refractivity contribution in [3.63, 3.8) is 0 Å². The second-order valence-electron chi connectivity index (χ2n) is 5.50. The van der Waals surface area contributed by atoms with Crippen LogP contribution in [0.25, 0.3) is 0 Å². The summed E-state index contributed by atoms with van der Waals surface area (Å²) in [4.78, 5) is 16.8. The second-order valence-corrected chi connectivity index (χ2v) is 6.35. The van der Waals surface area contributed by atoms with Crippen LogP contribution in [-0.2, 0) is 4.79 Å². The number of nitrogens with one attached hydrogen (secondary N) is 1. The molecule has 0 aliphatic carbocycles. The van der Waals surface area contributed by atoms with Crippen molar-refractivity contribution in [1.29, 1.82) is 0 Å². The minimum atomic E-state index is 0.0117. The number of likely N-dealkylation sites (N-methyl/N-ethyl adjacent to an activating group) is 1. The Bertz CT molecular complexity index is 508. The van der Waals surface area contributed by atoms with E-state index in [0.29, 0.717) is 18.3 Å². The quantitative estimate of drug-likeness (QED) is 0.811. The van der Waals surface area contributed by atoms with Gasteiger partial charge in [-0.3, -0.25) is 14.6 Å². The van der Waals surface area contributed by atoms with Gasteiger partial charge in [-0.1, -0.05) is 6.92 Å². The van der Waals surface area contributed by atoms with Crippen molar-refractivity contribution in [2.75, 3.05) is 43.8 Å². The van der Waals surface area contributed by atoms with Gasteiger partial charge in [-0.05, 0) is 47.6 Å². The predicted molar refractivity (Wildman–Crippen MR) is 90.3 cm³/mol. The number of rotatable bonds is 4. The molecule has 1 aliphatic heterocycles. The maximum absolute atomic E-state index is 12.2. The van der Waals surface area contributed by atoms with E-state index in [2.05, 4.69) is 44.9 Å². The number of carbonyl (C=O) groups is 1. The Morgan fingerprint density at radius 1 is 1.48 bits per heavy atom. The molecule has 1 amide bonds.